The minimum absolute atomic E-state index is 0.0408. The van der Waals surface area contributed by atoms with E-state index in [2.05, 4.69) is 5.16 Å². The molecule has 3 fully saturated rings. The molecule has 1 saturated heterocycles. The molecular weight excluding hydrogens is 451 g/mol. The smallest absolute Gasteiger partial charge is 0.238 e. The number of hydrogen-bond donors (Lipinski definition) is 0. The molecule has 0 spiro atoms. The van der Waals surface area contributed by atoms with Crippen LogP contribution in [0.1, 0.15) is 29.3 Å². The quantitative estimate of drug-likeness (QED) is 0.494. The SMILES string of the molecule is CC(=O)c1ccc(N2C(=O)[C@@H]3[C@H]4C[C@@H]([C@@H]5C(c6ccc(Cl)cc6Cl)=NO[C@@H]45)[C@@H]3C2=O)cc1. The summed E-state index contributed by atoms with van der Waals surface area (Å²) in [5.41, 5.74) is 2.52. The molecule has 0 aromatic heterocycles. The summed E-state index contributed by atoms with van der Waals surface area (Å²) in [6.07, 6.45) is 0.517. The molecule has 6 nitrogen and oxygen atoms in total. The Morgan fingerprint density at radius 1 is 1.00 bits per heavy atom. The predicted octanol–water partition coefficient (Wildman–Crippen LogP) is 4.37. The average molecular weight is 469 g/mol. The lowest BCUT2D eigenvalue weighted by molar-refractivity contribution is -0.125. The van der Waals surface area contributed by atoms with Crippen LogP contribution in [0.15, 0.2) is 47.6 Å². The lowest BCUT2D eigenvalue weighted by Crippen LogP contribution is -2.41. The minimum Gasteiger partial charge on any atom is -0.391 e. The van der Waals surface area contributed by atoms with E-state index in [1.54, 1.807) is 36.4 Å². The van der Waals surface area contributed by atoms with Gasteiger partial charge in [-0.2, -0.15) is 0 Å². The van der Waals surface area contributed by atoms with Gasteiger partial charge < -0.3 is 4.84 Å². The number of amides is 2. The van der Waals surface area contributed by atoms with Gasteiger partial charge in [-0.05, 0) is 55.7 Å². The summed E-state index contributed by atoms with van der Waals surface area (Å²) < 4.78 is 0. The normalized spacial score (nSPS) is 32.1. The van der Waals surface area contributed by atoms with E-state index in [0.29, 0.717) is 21.3 Å². The summed E-state index contributed by atoms with van der Waals surface area (Å²) in [7, 11) is 0. The molecule has 2 amide bonds. The zero-order valence-electron chi connectivity index (χ0n) is 17.0. The Labute approximate surface area is 194 Å². The van der Waals surface area contributed by atoms with Gasteiger partial charge in [-0.1, -0.05) is 34.4 Å². The van der Waals surface area contributed by atoms with Crippen molar-refractivity contribution in [2.45, 2.75) is 19.4 Å². The first-order valence-corrected chi connectivity index (χ1v) is 11.3. The maximum absolute atomic E-state index is 13.5. The van der Waals surface area contributed by atoms with Gasteiger partial charge >= 0.3 is 0 Å². The van der Waals surface area contributed by atoms with Crippen molar-refractivity contribution >= 4 is 52.2 Å². The van der Waals surface area contributed by atoms with Gasteiger partial charge in [0, 0.05) is 28.0 Å². The fraction of sp³-hybridized carbons (Fsp3) is 0.333. The molecule has 2 aliphatic carbocycles. The Morgan fingerprint density at radius 2 is 1.69 bits per heavy atom. The number of fused-ring (bicyclic) bond motifs is 8. The van der Waals surface area contributed by atoms with Crippen LogP contribution in [0.5, 0.6) is 0 Å². The van der Waals surface area contributed by atoms with E-state index in [4.69, 9.17) is 28.0 Å². The summed E-state index contributed by atoms with van der Waals surface area (Å²) >= 11 is 12.5. The second kappa shape index (κ2) is 6.90. The Kier molecular flexibility index (Phi) is 4.30. The molecule has 0 unspecified atom stereocenters. The van der Waals surface area contributed by atoms with Gasteiger partial charge in [-0.3, -0.25) is 19.3 Å². The Morgan fingerprint density at radius 3 is 2.34 bits per heavy atom. The highest BCUT2D eigenvalue weighted by atomic mass is 35.5. The standard InChI is InChI=1S/C24H18Cl2N2O4/c1-10(29)11-2-5-13(6-3-11)28-23(30)18-15-9-16(19(18)24(28)31)22-20(15)21(27-32-22)14-7-4-12(25)8-17(14)26/h2-8,15-16,18-20,22H,9H2,1H3/t15-,16-,18+,19-,20-,22+/m1/s1. The number of carbonyl (C=O) groups is 3. The molecule has 2 heterocycles. The lowest BCUT2D eigenvalue weighted by Gasteiger charge is -2.30. The molecular formula is C24H18Cl2N2O4. The average Bonchev–Trinajstić information content (AvgIpc) is 3.49. The third-order valence-electron chi connectivity index (χ3n) is 7.43. The van der Waals surface area contributed by atoms with Crippen molar-refractivity contribution in [3.05, 3.63) is 63.6 Å². The molecule has 32 heavy (non-hydrogen) atoms. The number of imide groups is 1. The Balaban J connectivity index is 1.33. The van der Waals surface area contributed by atoms with Crippen LogP contribution in [0, 0.1) is 29.6 Å². The number of Topliss-reactive ketones (excluding diaryl/α,β-unsaturated/α-hetero) is 1. The number of rotatable bonds is 3. The number of benzene rings is 2. The second-order valence-electron chi connectivity index (χ2n) is 8.93. The molecule has 2 aromatic rings. The van der Waals surface area contributed by atoms with Gasteiger partial charge in [0.1, 0.15) is 6.10 Å². The van der Waals surface area contributed by atoms with Crippen LogP contribution in [0.2, 0.25) is 10.0 Å². The Hall–Kier alpha value is -2.70. The first-order chi connectivity index (χ1) is 15.4. The van der Waals surface area contributed by atoms with Gasteiger partial charge in [0.2, 0.25) is 11.8 Å². The molecule has 2 saturated carbocycles. The van der Waals surface area contributed by atoms with E-state index in [9.17, 15) is 14.4 Å². The van der Waals surface area contributed by atoms with Gasteiger partial charge in [0.25, 0.3) is 0 Å². The topological polar surface area (TPSA) is 76.0 Å². The molecule has 0 N–H and O–H groups in total. The van der Waals surface area contributed by atoms with Crippen LogP contribution in [-0.2, 0) is 14.4 Å². The number of oxime groups is 1. The summed E-state index contributed by atoms with van der Waals surface area (Å²) in [5.74, 6) is -1.45. The zero-order chi connectivity index (χ0) is 22.3. The number of halogens is 2. The van der Waals surface area contributed by atoms with Crippen LogP contribution in [0.25, 0.3) is 0 Å². The van der Waals surface area contributed by atoms with E-state index in [1.165, 1.54) is 11.8 Å². The Bertz CT molecular complexity index is 1230. The lowest BCUT2D eigenvalue weighted by atomic mass is 9.71. The van der Waals surface area contributed by atoms with Crippen LogP contribution >= 0.6 is 23.2 Å². The van der Waals surface area contributed by atoms with Crippen molar-refractivity contribution in [2.24, 2.45) is 34.7 Å². The van der Waals surface area contributed by atoms with Gasteiger partial charge in [0.05, 0.1) is 28.3 Å². The maximum Gasteiger partial charge on any atom is 0.238 e. The van der Waals surface area contributed by atoms with Crippen molar-refractivity contribution in [3.8, 4) is 0 Å². The molecule has 0 radical (unpaired) electrons. The van der Waals surface area contributed by atoms with E-state index < -0.39 is 11.8 Å². The summed E-state index contributed by atoms with van der Waals surface area (Å²) in [5, 5.41) is 5.34. The van der Waals surface area contributed by atoms with E-state index in [0.717, 1.165) is 17.7 Å². The number of ketones is 1. The fourth-order valence-electron chi connectivity index (χ4n) is 6.14. The fourth-order valence-corrected chi connectivity index (χ4v) is 6.65. The van der Waals surface area contributed by atoms with Gasteiger partial charge in [-0.25, -0.2) is 0 Å². The number of nitrogens with zero attached hydrogens (tertiary/aromatic N) is 2. The van der Waals surface area contributed by atoms with Crippen LogP contribution in [-0.4, -0.2) is 29.4 Å². The molecule has 8 heteroatoms. The first-order valence-electron chi connectivity index (χ1n) is 10.5. The molecule has 2 bridgehead atoms. The molecule has 162 valence electrons. The van der Waals surface area contributed by atoms with Crippen molar-refractivity contribution in [2.75, 3.05) is 4.90 Å². The molecule has 6 atom stereocenters. The molecule has 2 aliphatic heterocycles. The summed E-state index contributed by atoms with van der Waals surface area (Å²) in [6.45, 7) is 1.48. The monoisotopic (exact) mass is 468 g/mol. The third-order valence-corrected chi connectivity index (χ3v) is 7.98. The van der Waals surface area contributed by atoms with Gasteiger partial charge in [-0.15, -0.1) is 0 Å². The largest absolute Gasteiger partial charge is 0.391 e. The van der Waals surface area contributed by atoms with Crippen molar-refractivity contribution in [3.63, 3.8) is 0 Å². The first kappa shape index (κ1) is 19.9. The van der Waals surface area contributed by atoms with E-state index >= 15 is 0 Å². The summed E-state index contributed by atoms with van der Waals surface area (Å²) in [4.78, 5) is 45.5. The molecule has 6 rings (SSSR count). The highest BCUT2D eigenvalue weighted by Crippen LogP contribution is 2.62. The second-order valence-corrected chi connectivity index (χ2v) is 9.77. The highest BCUT2D eigenvalue weighted by Gasteiger charge is 2.70. The summed E-state index contributed by atoms with van der Waals surface area (Å²) in [6, 6.07) is 11.9. The predicted molar refractivity (Wildman–Crippen MR) is 119 cm³/mol. The van der Waals surface area contributed by atoms with E-state index in [-0.39, 0.29) is 41.5 Å². The minimum atomic E-state index is -0.406. The molecule has 2 aromatic carbocycles. The highest BCUT2D eigenvalue weighted by molar-refractivity contribution is 6.37. The number of anilines is 1. The van der Waals surface area contributed by atoms with E-state index in [1.807, 2.05) is 6.07 Å². The van der Waals surface area contributed by atoms with Crippen LogP contribution in [0.3, 0.4) is 0 Å². The van der Waals surface area contributed by atoms with Gasteiger partial charge in [0.15, 0.2) is 5.78 Å². The maximum atomic E-state index is 13.5. The van der Waals surface area contributed by atoms with Crippen molar-refractivity contribution in [1.82, 2.24) is 0 Å². The van der Waals surface area contributed by atoms with Crippen molar-refractivity contribution in [1.29, 1.82) is 0 Å². The number of carbonyl (C=O) groups excluding carboxylic acids is 3. The van der Waals surface area contributed by atoms with Crippen molar-refractivity contribution < 1.29 is 19.2 Å². The molecule has 4 aliphatic rings. The number of hydrogen-bond acceptors (Lipinski definition) is 5. The van der Waals surface area contributed by atoms with Crippen LogP contribution < -0.4 is 4.90 Å². The van der Waals surface area contributed by atoms with Crippen LogP contribution in [0.4, 0.5) is 5.69 Å². The zero-order valence-corrected chi connectivity index (χ0v) is 18.5. The third kappa shape index (κ3) is 2.60.